The van der Waals surface area contributed by atoms with Gasteiger partial charge in [-0.15, -0.1) is 0 Å². The molecule has 5 aromatic rings. The van der Waals surface area contributed by atoms with Crippen LogP contribution in [0, 0.1) is 25.5 Å². The van der Waals surface area contributed by atoms with E-state index < -0.39 is 29.6 Å². The number of hydrogen-bond donors (Lipinski definition) is 3. The van der Waals surface area contributed by atoms with E-state index in [0.717, 1.165) is 18.2 Å². The number of fused-ring (bicyclic) bond motifs is 1. The van der Waals surface area contributed by atoms with Crippen LogP contribution in [-0.4, -0.2) is 40.2 Å². The zero-order valence-electron chi connectivity index (χ0n) is 23.5. The number of anilines is 1. The van der Waals surface area contributed by atoms with E-state index in [4.69, 9.17) is 14.2 Å². The Bertz CT molecular complexity index is 1940. The summed E-state index contributed by atoms with van der Waals surface area (Å²) in [5.41, 5.74) is 1.28. The number of nitrogens with one attached hydrogen (secondary N) is 2. The summed E-state index contributed by atoms with van der Waals surface area (Å²) in [6, 6.07) is 10.6. The number of nitrogens with zero attached hydrogens (tertiary/aromatic N) is 2. The lowest BCUT2D eigenvalue weighted by molar-refractivity contribution is 0.102. The van der Waals surface area contributed by atoms with Crippen LogP contribution in [0.3, 0.4) is 0 Å². The van der Waals surface area contributed by atoms with Crippen molar-refractivity contribution in [3.05, 3.63) is 99.1 Å². The number of aliphatic hydroxyl groups excluding tert-OH is 1. The summed E-state index contributed by atoms with van der Waals surface area (Å²) in [5, 5.41) is 12.3. The van der Waals surface area contributed by atoms with Gasteiger partial charge in [-0.3, -0.25) is 14.6 Å². The second kappa shape index (κ2) is 11.9. The standard InChI is InChI=1S/C31H26F2N4O6/c1-15-26(20-7-5-18(32)11-17(20)14-38)29(39)27(16(2)35-15)30(40)36-19-6-8-23(21(33)12-19)43-24-9-10-34-22-13-25(41-3)31(42-4)37-28(22)24/h5-13,38H,14H2,1-4H3,(H,35,39)(H,36,40). The highest BCUT2D eigenvalue weighted by Gasteiger charge is 2.22. The molecule has 3 aromatic heterocycles. The number of methoxy groups -OCH3 is 2. The predicted octanol–water partition coefficient (Wildman–Crippen LogP) is 5.43. The van der Waals surface area contributed by atoms with Crippen molar-refractivity contribution in [1.82, 2.24) is 15.0 Å². The summed E-state index contributed by atoms with van der Waals surface area (Å²) >= 11 is 0. The summed E-state index contributed by atoms with van der Waals surface area (Å²) in [4.78, 5) is 38.4. The number of rotatable bonds is 8. The molecule has 0 radical (unpaired) electrons. The number of aryl methyl sites for hydroxylation is 2. The number of halogens is 2. The molecule has 0 saturated heterocycles. The predicted molar refractivity (Wildman–Crippen MR) is 155 cm³/mol. The molecule has 43 heavy (non-hydrogen) atoms. The zero-order chi connectivity index (χ0) is 30.8. The molecule has 0 unspecified atom stereocenters. The van der Waals surface area contributed by atoms with Crippen molar-refractivity contribution in [2.75, 3.05) is 19.5 Å². The molecule has 0 fully saturated rings. The van der Waals surface area contributed by atoms with Crippen molar-refractivity contribution in [3.63, 3.8) is 0 Å². The molecule has 0 bridgehead atoms. The summed E-state index contributed by atoms with van der Waals surface area (Å²) < 4.78 is 45.2. The minimum absolute atomic E-state index is 0.0673. The van der Waals surface area contributed by atoms with Gasteiger partial charge in [-0.2, -0.15) is 0 Å². The Morgan fingerprint density at radius 2 is 1.77 bits per heavy atom. The normalized spacial score (nSPS) is 11.0. The number of ether oxygens (including phenoxy) is 3. The van der Waals surface area contributed by atoms with Crippen molar-refractivity contribution in [2.24, 2.45) is 0 Å². The highest BCUT2D eigenvalue weighted by atomic mass is 19.1. The lowest BCUT2D eigenvalue weighted by Gasteiger charge is -2.15. The van der Waals surface area contributed by atoms with Gasteiger partial charge in [-0.05, 0) is 49.2 Å². The van der Waals surface area contributed by atoms with Crippen LogP contribution >= 0.6 is 0 Å². The molecular weight excluding hydrogens is 562 g/mol. The molecule has 0 spiro atoms. The minimum atomic E-state index is -0.794. The number of hydrogen-bond acceptors (Lipinski definition) is 8. The highest BCUT2D eigenvalue weighted by molar-refractivity contribution is 6.05. The number of H-pyrrole nitrogens is 1. The third kappa shape index (κ3) is 5.60. The van der Waals surface area contributed by atoms with E-state index in [0.29, 0.717) is 28.0 Å². The molecule has 0 saturated carbocycles. The van der Waals surface area contributed by atoms with E-state index in [1.165, 1.54) is 44.7 Å². The summed E-state index contributed by atoms with van der Waals surface area (Å²) in [6.45, 7) is 2.68. The second-order valence-electron chi connectivity index (χ2n) is 9.49. The molecule has 0 aliphatic carbocycles. The molecule has 1 amide bonds. The summed E-state index contributed by atoms with van der Waals surface area (Å²) in [5.74, 6) is -1.53. The molecule has 10 nitrogen and oxygen atoms in total. The molecule has 0 atom stereocenters. The average molecular weight is 589 g/mol. The number of aromatic nitrogens is 3. The van der Waals surface area contributed by atoms with Gasteiger partial charge >= 0.3 is 0 Å². The van der Waals surface area contributed by atoms with Gasteiger partial charge < -0.3 is 29.6 Å². The number of amides is 1. The van der Waals surface area contributed by atoms with Crippen LogP contribution < -0.4 is 25.0 Å². The Labute approximate surface area is 243 Å². The van der Waals surface area contributed by atoms with Crippen LogP contribution in [0.5, 0.6) is 23.1 Å². The molecule has 2 aromatic carbocycles. The fourth-order valence-electron chi connectivity index (χ4n) is 4.77. The maximum atomic E-state index is 15.2. The van der Waals surface area contributed by atoms with Crippen LogP contribution in [0.2, 0.25) is 0 Å². The van der Waals surface area contributed by atoms with Gasteiger partial charge in [-0.1, -0.05) is 6.07 Å². The molecule has 3 heterocycles. The average Bonchev–Trinajstić information content (AvgIpc) is 2.98. The first kappa shape index (κ1) is 29.1. The van der Waals surface area contributed by atoms with Crippen molar-refractivity contribution in [2.45, 2.75) is 20.5 Å². The quantitative estimate of drug-likeness (QED) is 0.218. The molecule has 3 N–H and O–H groups in total. The lowest BCUT2D eigenvalue weighted by atomic mass is 9.95. The van der Waals surface area contributed by atoms with Crippen LogP contribution in [-0.2, 0) is 6.61 Å². The number of carbonyl (C=O) groups excluding carboxylic acids is 1. The van der Waals surface area contributed by atoms with E-state index in [-0.39, 0.29) is 45.5 Å². The Hall–Kier alpha value is -5.36. The Morgan fingerprint density at radius 3 is 2.47 bits per heavy atom. The van der Waals surface area contributed by atoms with E-state index in [2.05, 4.69) is 20.3 Å². The Kier molecular flexibility index (Phi) is 8.04. The third-order valence-electron chi connectivity index (χ3n) is 6.74. The van der Waals surface area contributed by atoms with Crippen LogP contribution in [0.4, 0.5) is 14.5 Å². The highest BCUT2D eigenvalue weighted by Crippen LogP contribution is 2.35. The molecular formula is C31H26F2N4O6. The largest absolute Gasteiger partial charge is 0.491 e. The van der Waals surface area contributed by atoms with E-state index in [9.17, 15) is 19.1 Å². The van der Waals surface area contributed by atoms with Crippen LogP contribution in [0.1, 0.15) is 27.3 Å². The maximum absolute atomic E-state index is 15.2. The van der Waals surface area contributed by atoms with Gasteiger partial charge in [0.15, 0.2) is 23.1 Å². The summed E-state index contributed by atoms with van der Waals surface area (Å²) in [7, 11) is 2.90. The number of benzene rings is 2. The maximum Gasteiger partial charge on any atom is 0.261 e. The fourth-order valence-corrected chi connectivity index (χ4v) is 4.77. The minimum Gasteiger partial charge on any atom is -0.491 e. The smallest absolute Gasteiger partial charge is 0.261 e. The van der Waals surface area contributed by atoms with E-state index >= 15 is 4.39 Å². The van der Waals surface area contributed by atoms with Gasteiger partial charge in [0.25, 0.3) is 11.8 Å². The van der Waals surface area contributed by atoms with Crippen molar-refractivity contribution >= 4 is 22.6 Å². The Morgan fingerprint density at radius 1 is 0.977 bits per heavy atom. The van der Waals surface area contributed by atoms with E-state index in [1.807, 2.05) is 0 Å². The van der Waals surface area contributed by atoms with Gasteiger partial charge in [0.05, 0.1) is 26.3 Å². The van der Waals surface area contributed by atoms with E-state index in [1.54, 1.807) is 19.9 Å². The first-order chi connectivity index (χ1) is 20.6. The fraction of sp³-hybridized carbons (Fsp3) is 0.161. The van der Waals surface area contributed by atoms with Crippen molar-refractivity contribution in [3.8, 4) is 34.3 Å². The first-order valence-electron chi connectivity index (χ1n) is 12.9. The number of pyridine rings is 3. The van der Waals surface area contributed by atoms with Crippen LogP contribution in [0.15, 0.2) is 59.5 Å². The summed E-state index contributed by atoms with van der Waals surface area (Å²) in [6.07, 6.45) is 1.48. The van der Waals surface area contributed by atoms with Gasteiger partial charge in [0.1, 0.15) is 16.9 Å². The zero-order valence-corrected chi connectivity index (χ0v) is 23.5. The number of carbonyl (C=O) groups is 1. The topological polar surface area (TPSA) is 136 Å². The third-order valence-corrected chi connectivity index (χ3v) is 6.74. The molecule has 12 heteroatoms. The second-order valence-corrected chi connectivity index (χ2v) is 9.49. The van der Waals surface area contributed by atoms with Gasteiger partial charge in [0, 0.05) is 47.0 Å². The van der Waals surface area contributed by atoms with Gasteiger partial charge in [-0.25, -0.2) is 13.8 Å². The number of aromatic amines is 1. The monoisotopic (exact) mass is 588 g/mol. The lowest BCUT2D eigenvalue weighted by Crippen LogP contribution is -2.26. The first-order valence-corrected chi connectivity index (χ1v) is 12.9. The number of aliphatic hydroxyl groups is 1. The molecule has 0 aliphatic rings. The Balaban J connectivity index is 1.44. The molecule has 220 valence electrons. The van der Waals surface area contributed by atoms with Crippen LogP contribution in [0.25, 0.3) is 22.2 Å². The molecule has 5 rings (SSSR count). The van der Waals surface area contributed by atoms with Crippen molar-refractivity contribution < 1.29 is 32.9 Å². The SMILES string of the molecule is COc1cc2nccc(Oc3ccc(NC(=O)c4c(C)[nH]c(C)c(-c5ccc(F)cc5CO)c4=O)cc3F)c2nc1OC. The van der Waals surface area contributed by atoms with Gasteiger partial charge in [0.2, 0.25) is 5.43 Å². The molecule has 0 aliphatic heterocycles. The van der Waals surface area contributed by atoms with Crippen molar-refractivity contribution in [1.29, 1.82) is 0 Å².